The summed E-state index contributed by atoms with van der Waals surface area (Å²) in [7, 11) is 3.23. The SMILES string of the molecule is COCC#CC(=O)N1CCN(c2nc(OC[C@@H]3CC(F)(F)CN3C)nc3c2CCN(c2c(C)c(C)cc4[nH]ncc24)C3)CC1. The summed E-state index contributed by atoms with van der Waals surface area (Å²) in [5.74, 6) is 3.19. The molecule has 11 nitrogen and oxygen atoms in total. The average molecular weight is 609 g/mol. The Kier molecular flexibility index (Phi) is 8.30. The summed E-state index contributed by atoms with van der Waals surface area (Å²) in [5.41, 5.74) is 6.37. The first-order valence-electron chi connectivity index (χ1n) is 14.9. The predicted octanol–water partition coefficient (Wildman–Crippen LogP) is 2.55. The molecule has 2 aromatic heterocycles. The van der Waals surface area contributed by atoms with Crippen molar-refractivity contribution in [2.24, 2.45) is 0 Å². The maximum Gasteiger partial charge on any atom is 0.318 e. The highest BCUT2D eigenvalue weighted by Gasteiger charge is 2.43. The first-order chi connectivity index (χ1) is 21.1. The van der Waals surface area contributed by atoms with Gasteiger partial charge in [-0.3, -0.25) is 14.8 Å². The number of methoxy groups -OCH3 is 1. The second-order valence-electron chi connectivity index (χ2n) is 11.9. The van der Waals surface area contributed by atoms with E-state index in [1.165, 1.54) is 11.1 Å². The number of anilines is 2. The Hall–Kier alpha value is -4.02. The number of benzene rings is 1. The molecule has 0 aliphatic carbocycles. The molecule has 234 valence electrons. The molecule has 0 saturated carbocycles. The molecular weight excluding hydrogens is 570 g/mol. The fourth-order valence-electron chi connectivity index (χ4n) is 6.42. The second-order valence-corrected chi connectivity index (χ2v) is 11.9. The number of amides is 1. The molecule has 3 aliphatic heterocycles. The number of aromatic amines is 1. The summed E-state index contributed by atoms with van der Waals surface area (Å²) in [6, 6.07) is 1.87. The van der Waals surface area contributed by atoms with Gasteiger partial charge in [-0.25, -0.2) is 8.78 Å². The molecule has 1 aromatic carbocycles. The maximum absolute atomic E-state index is 14.0. The van der Waals surface area contributed by atoms with Crippen LogP contribution in [0.5, 0.6) is 6.01 Å². The minimum Gasteiger partial charge on any atom is -0.462 e. The van der Waals surface area contributed by atoms with Gasteiger partial charge in [-0.15, -0.1) is 0 Å². The van der Waals surface area contributed by atoms with E-state index in [9.17, 15) is 13.6 Å². The van der Waals surface area contributed by atoms with Gasteiger partial charge in [0.25, 0.3) is 11.8 Å². The minimum absolute atomic E-state index is 0.0725. The Balaban J connectivity index is 1.28. The fraction of sp³-hybridized carbons (Fsp3) is 0.548. The first-order valence-corrected chi connectivity index (χ1v) is 14.9. The van der Waals surface area contributed by atoms with Crippen LogP contribution in [0.4, 0.5) is 20.3 Å². The van der Waals surface area contributed by atoms with Gasteiger partial charge in [0.05, 0.1) is 36.2 Å². The van der Waals surface area contributed by atoms with Crippen LogP contribution in [0.15, 0.2) is 12.3 Å². The van der Waals surface area contributed by atoms with Crippen LogP contribution in [0.25, 0.3) is 10.9 Å². The smallest absolute Gasteiger partial charge is 0.318 e. The van der Waals surface area contributed by atoms with Crippen LogP contribution < -0.4 is 14.5 Å². The molecule has 5 heterocycles. The summed E-state index contributed by atoms with van der Waals surface area (Å²) in [6.45, 7) is 7.69. The number of likely N-dealkylation sites (N-methyl/N-ethyl adjacent to an activating group) is 1. The number of aromatic nitrogens is 4. The summed E-state index contributed by atoms with van der Waals surface area (Å²) < 4.78 is 39.1. The molecule has 2 fully saturated rings. The van der Waals surface area contributed by atoms with Crippen LogP contribution in [-0.4, -0.2) is 114 Å². The molecule has 3 aliphatic rings. The molecule has 1 atom stereocenters. The number of alkyl halides is 2. The molecule has 1 amide bonds. The number of halogens is 2. The maximum atomic E-state index is 14.0. The Labute approximate surface area is 255 Å². The predicted molar refractivity (Wildman–Crippen MR) is 162 cm³/mol. The van der Waals surface area contributed by atoms with E-state index in [2.05, 4.69) is 51.8 Å². The van der Waals surface area contributed by atoms with Gasteiger partial charge in [0.2, 0.25) is 0 Å². The number of H-pyrrole nitrogens is 1. The molecule has 44 heavy (non-hydrogen) atoms. The van der Waals surface area contributed by atoms with Gasteiger partial charge in [0.1, 0.15) is 19.0 Å². The monoisotopic (exact) mass is 608 g/mol. The number of carbonyl (C=O) groups is 1. The van der Waals surface area contributed by atoms with Crippen LogP contribution in [-0.2, 0) is 22.5 Å². The number of piperazine rings is 1. The molecule has 3 aromatic rings. The number of hydrogen-bond acceptors (Lipinski definition) is 9. The summed E-state index contributed by atoms with van der Waals surface area (Å²) >= 11 is 0. The van der Waals surface area contributed by atoms with Crippen molar-refractivity contribution in [3.05, 3.63) is 34.6 Å². The van der Waals surface area contributed by atoms with E-state index < -0.39 is 12.0 Å². The normalized spacial score (nSPS) is 20.0. The molecule has 13 heteroatoms. The first kappa shape index (κ1) is 30.0. The van der Waals surface area contributed by atoms with E-state index in [4.69, 9.17) is 19.4 Å². The lowest BCUT2D eigenvalue weighted by atomic mass is 9.99. The van der Waals surface area contributed by atoms with E-state index >= 15 is 0 Å². The molecular formula is C31H38F2N8O3. The zero-order valence-electron chi connectivity index (χ0n) is 25.6. The number of rotatable bonds is 6. The van der Waals surface area contributed by atoms with Crippen molar-refractivity contribution >= 4 is 28.3 Å². The molecule has 0 radical (unpaired) electrons. The third kappa shape index (κ3) is 6.01. The molecule has 0 unspecified atom stereocenters. The van der Waals surface area contributed by atoms with Gasteiger partial charge in [0, 0.05) is 63.2 Å². The topological polar surface area (TPSA) is 103 Å². The highest BCUT2D eigenvalue weighted by atomic mass is 19.3. The Morgan fingerprint density at radius 3 is 2.68 bits per heavy atom. The summed E-state index contributed by atoms with van der Waals surface area (Å²) in [4.78, 5) is 30.1. The number of carbonyl (C=O) groups excluding carboxylic acids is 1. The second kappa shape index (κ2) is 12.2. The lowest BCUT2D eigenvalue weighted by molar-refractivity contribution is -0.125. The standard InChI is InChI=1S/C31H38F2N8O3/c1-20-14-25-24(16-34-37-25)28(21(20)2)41-8-7-23-26(17-41)35-30(44-18-22-15-31(32,33)19-38(22)3)36-29(23)40-11-9-39(10-12-40)27(42)6-5-13-43-4/h14,16,22H,7-13,15,17-19H2,1-4H3,(H,34,37)/t22-/m0/s1. The summed E-state index contributed by atoms with van der Waals surface area (Å²) in [5, 5.41) is 8.44. The van der Waals surface area contributed by atoms with Gasteiger partial charge >= 0.3 is 6.01 Å². The van der Waals surface area contributed by atoms with E-state index in [0.29, 0.717) is 32.7 Å². The number of nitrogens with zero attached hydrogens (tertiary/aromatic N) is 7. The van der Waals surface area contributed by atoms with Crippen molar-refractivity contribution in [1.82, 2.24) is 30.0 Å². The van der Waals surface area contributed by atoms with Crippen molar-refractivity contribution in [3.63, 3.8) is 0 Å². The molecule has 1 N–H and O–H groups in total. The van der Waals surface area contributed by atoms with Gasteiger partial charge in [-0.2, -0.15) is 15.1 Å². The number of nitrogens with one attached hydrogen (secondary N) is 1. The lowest BCUT2D eigenvalue weighted by Crippen LogP contribution is -2.49. The van der Waals surface area contributed by atoms with Crippen LogP contribution in [0, 0.1) is 25.7 Å². The van der Waals surface area contributed by atoms with Crippen molar-refractivity contribution in [3.8, 4) is 17.9 Å². The molecule has 6 rings (SSSR count). The van der Waals surface area contributed by atoms with E-state index in [1.807, 2.05) is 6.20 Å². The Morgan fingerprint density at radius 1 is 1.16 bits per heavy atom. The van der Waals surface area contributed by atoms with E-state index in [0.717, 1.165) is 46.6 Å². The number of fused-ring (bicyclic) bond motifs is 2. The zero-order chi connectivity index (χ0) is 31.0. The molecule has 2 saturated heterocycles. The molecule has 0 bridgehead atoms. The molecule has 0 spiro atoms. The van der Waals surface area contributed by atoms with Crippen molar-refractivity contribution in [2.75, 3.05) is 76.4 Å². The largest absolute Gasteiger partial charge is 0.462 e. The van der Waals surface area contributed by atoms with Crippen LogP contribution in [0.2, 0.25) is 0 Å². The highest BCUT2D eigenvalue weighted by Crippen LogP contribution is 2.37. The van der Waals surface area contributed by atoms with Crippen molar-refractivity contribution in [1.29, 1.82) is 0 Å². The number of hydrogen-bond donors (Lipinski definition) is 1. The van der Waals surface area contributed by atoms with Crippen LogP contribution in [0.1, 0.15) is 28.8 Å². The summed E-state index contributed by atoms with van der Waals surface area (Å²) in [6.07, 6.45) is 2.32. The fourth-order valence-corrected chi connectivity index (χ4v) is 6.42. The van der Waals surface area contributed by atoms with Crippen LogP contribution in [0.3, 0.4) is 0 Å². The average Bonchev–Trinajstić information content (AvgIpc) is 3.57. The Bertz CT molecular complexity index is 1610. The van der Waals surface area contributed by atoms with E-state index in [1.54, 1.807) is 24.0 Å². The van der Waals surface area contributed by atoms with Crippen molar-refractivity contribution < 1.29 is 23.0 Å². The number of likely N-dealkylation sites (tertiary alicyclic amines) is 1. The highest BCUT2D eigenvalue weighted by molar-refractivity contribution is 5.95. The third-order valence-corrected chi connectivity index (χ3v) is 8.89. The van der Waals surface area contributed by atoms with Crippen LogP contribution >= 0.6 is 0 Å². The lowest BCUT2D eigenvalue weighted by Gasteiger charge is -2.38. The third-order valence-electron chi connectivity index (χ3n) is 8.89. The van der Waals surface area contributed by atoms with E-state index in [-0.39, 0.29) is 38.1 Å². The van der Waals surface area contributed by atoms with Gasteiger partial charge in [0.15, 0.2) is 0 Å². The quantitative estimate of drug-likeness (QED) is 0.423. The number of ether oxygens (including phenoxy) is 2. The minimum atomic E-state index is -2.74. The Morgan fingerprint density at radius 2 is 1.95 bits per heavy atom. The van der Waals surface area contributed by atoms with Crippen molar-refractivity contribution in [2.45, 2.75) is 45.2 Å². The van der Waals surface area contributed by atoms with Gasteiger partial charge < -0.3 is 24.2 Å². The van der Waals surface area contributed by atoms with Gasteiger partial charge in [-0.1, -0.05) is 5.92 Å². The zero-order valence-corrected chi connectivity index (χ0v) is 25.6. The number of aryl methyl sites for hydroxylation is 1. The van der Waals surface area contributed by atoms with Gasteiger partial charge in [-0.05, 0) is 50.4 Å².